The Labute approximate surface area is 196 Å². The largest absolute Gasteiger partial charge is 0.497 e. The average molecular weight is 445 g/mol. The van der Waals surface area contributed by atoms with E-state index in [1.54, 1.807) is 18.9 Å². The summed E-state index contributed by atoms with van der Waals surface area (Å²) in [6, 6.07) is 24.9. The molecule has 0 saturated heterocycles. The Bertz CT molecular complexity index is 1030. The second-order valence-corrected chi connectivity index (χ2v) is 8.23. The quantitative estimate of drug-likeness (QED) is 0.494. The normalized spacial score (nSPS) is 11.5. The van der Waals surface area contributed by atoms with Crippen molar-refractivity contribution >= 4 is 11.8 Å². The number of carbonyl (C=O) groups is 2. The van der Waals surface area contributed by atoms with E-state index in [-0.39, 0.29) is 11.8 Å². The molecule has 1 atom stereocenters. The van der Waals surface area contributed by atoms with Crippen molar-refractivity contribution in [2.45, 2.75) is 45.8 Å². The maximum Gasteiger partial charge on any atom is 0.242 e. The van der Waals surface area contributed by atoms with Gasteiger partial charge in [-0.1, -0.05) is 72.3 Å². The minimum atomic E-state index is -0.596. The van der Waals surface area contributed by atoms with Crippen LogP contribution in [0.1, 0.15) is 35.6 Å². The lowest BCUT2D eigenvalue weighted by molar-refractivity contribution is -0.140. The van der Waals surface area contributed by atoms with Gasteiger partial charge in [0.25, 0.3) is 0 Å². The van der Waals surface area contributed by atoms with E-state index in [0.29, 0.717) is 25.9 Å². The third kappa shape index (κ3) is 7.21. The van der Waals surface area contributed by atoms with Gasteiger partial charge in [-0.2, -0.15) is 0 Å². The van der Waals surface area contributed by atoms with Crippen molar-refractivity contribution in [2.24, 2.45) is 0 Å². The first-order valence-corrected chi connectivity index (χ1v) is 11.3. The highest BCUT2D eigenvalue weighted by Crippen LogP contribution is 2.16. The highest BCUT2D eigenvalue weighted by atomic mass is 16.5. The number of nitrogens with zero attached hydrogens (tertiary/aromatic N) is 1. The van der Waals surface area contributed by atoms with Crippen LogP contribution in [0.15, 0.2) is 78.9 Å². The number of carbonyl (C=O) groups excluding carboxylic acids is 2. The van der Waals surface area contributed by atoms with Gasteiger partial charge in [-0.25, -0.2) is 0 Å². The SMILES string of the molecule is COc1ccc(CN(C(=O)CCc2ccccc2)[C@H](C)C(=O)NCc2ccc(C)cc2)cc1. The first kappa shape index (κ1) is 24.1. The lowest BCUT2D eigenvalue weighted by Crippen LogP contribution is -2.47. The molecule has 0 unspecified atom stereocenters. The van der Waals surface area contributed by atoms with Crippen LogP contribution < -0.4 is 10.1 Å². The van der Waals surface area contributed by atoms with Crippen LogP contribution in [0.4, 0.5) is 0 Å². The summed E-state index contributed by atoms with van der Waals surface area (Å²) < 4.78 is 5.23. The summed E-state index contributed by atoms with van der Waals surface area (Å²) in [5, 5.41) is 2.98. The minimum Gasteiger partial charge on any atom is -0.497 e. The van der Waals surface area contributed by atoms with Gasteiger partial charge in [0.1, 0.15) is 11.8 Å². The van der Waals surface area contributed by atoms with Gasteiger partial charge in [-0.15, -0.1) is 0 Å². The maximum absolute atomic E-state index is 13.2. The Morgan fingerprint density at radius 2 is 1.52 bits per heavy atom. The molecule has 172 valence electrons. The lowest BCUT2D eigenvalue weighted by atomic mass is 10.1. The lowest BCUT2D eigenvalue weighted by Gasteiger charge is -2.29. The molecule has 3 aromatic rings. The molecule has 0 aliphatic heterocycles. The Morgan fingerprint density at radius 1 is 0.879 bits per heavy atom. The molecule has 0 aliphatic rings. The maximum atomic E-state index is 13.2. The van der Waals surface area contributed by atoms with Gasteiger partial charge in [-0.05, 0) is 49.1 Å². The molecule has 33 heavy (non-hydrogen) atoms. The highest BCUT2D eigenvalue weighted by Gasteiger charge is 2.25. The van der Waals surface area contributed by atoms with Gasteiger partial charge >= 0.3 is 0 Å². The van der Waals surface area contributed by atoms with Crippen LogP contribution in [0.2, 0.25) is 0 Å². The van der Waals surface area contributed by atoms with E-state index in [9.17, 15) is 9.59 Å². The molecule has 5 heteroatoms. The number of nitrogens with one attached hydrogen (secondary N) is 1. The topological polar surface area (TPSA) is 58.6 Å². The summed E-state index contributed by atoms with van der Waals surface area (Å²) >= 11 is 0. The van der Waals surface area contributed by atoms with Crippen LogP contribution in [-0.2, 0) is 29.1 Å². The molecular weight excluding hydrogens is 412 g/mol. The van der Waals surface area contributed by atoms with Gasteiger partial charge in [0.2, 0.25) is 11.8 Å². The number of ether oxygens (including phenoxy) is 1. The number of hydrogen-bond acceptors (Lipinski definition) is 3. The number of benzene rings is 3. The first-order chi connectivity index (χ1) is 16.0. The molecule has 0 spiro atoms. The Balaban J connectivity index is 1.69. The van der Waals surface area contributed by atoms with Gasteiger partial charge < -0.3 is 15.0 Å². The van der Waals surface area contributed by atoms with Crippen LogP contribution >= 0.6 is 0 Å². The summed E-state index contributed by atoms with van der Waals surface area (Å²) in [4.78, 5) is 27.9. The molecule has 3 aromatic carbocycles. The van der Waals surface area contributed by atoms with Crippen molar-refractivity contribution in [3.63, 3.8) is 0 Å². The zero-order chi connectivity index (χ0) is 23.6. The fourth-order valence-corrected chi connectivity index (χ4v) is 3.59. The Kier molecular flexibility index (Phi) is 8.64. The molecular formula is C28H32N2O3. The van der Waals surface area contributed by atoms with Crippen LogP contribution in [0.5, 0.6) is 5.75 Å². The van der Waals surface area contributed by atoms with Crippen molar-refractivity contribution in [3.8, 4) is 5.75 Å². The summed E-state index contributed by atoms with van der Waals surface area (Å²) in [6.45, 7) is 4.60. The van der Waals surface area contributed by atoms with E-state index in [4.69, 9.17) is 4.74 Å². The fourth-order valence-electron chi connectivity index (χ4n) is 3.59. The van der Waals surface area contributed by atoms with Crippen molar-refractivity contribution in [1.82, 2.24) is 10.2 Å². The minimum absolute atomic E-state index is 0.0485. The predicted molar refractivity (Wildman–Crippen MR) is 131 cm³/mol. The van der Waals surface area contributed by atoms with E-state index < -0.39 is 6.04 Å². The number of methoxy groups -OCH3 is 1. The number of aryl methyl sites for hydroxylation is 2. The average Bonchev–Trinajstić information content (AvgIpc) is 2.86. The second kappa shape index (κ2) is 11.9. The molecule has 0 aromatic heterocycles. The molecule has 0 aliphatic carbocycles. The second-order valence-electron chi connectivity index (χ2n) is 8.23. The third-order valence-corrected chi connectivity index (χ3v) is 5.74. The molecule has 0 radical (unpaired) electrons. The van der Waals surface area contributed by atoms with Crippen LogP contribution in [-0.4, -0.2) is 29.9 Å². The Hall–Kier alpha value is -3.60. The van der Waals surface area contributed by atoms with Crippen molar-refractivity contribution in [3.05, 3.63) is 101 Å². The zero-order valence-electron chi connectivity index (χ0n) is 19.6. The smallest absolute Gasteiger partial charge is 0.242 e. The zero-order valence-corrected chi connectivity index (χ0v) is 19.6. The molecule has 0 saturated carbocycles. The van der Waals surface area contributed by atoms with Gasteiger partial charge in [0, 0.05) is 19.5 Å². The summed E-state index contributed by atoms with van der Waals surface area (Å²) in [7, 11) is 1.62. The monoisotopic (exact) mass is 444 g/mol. The van der Waals surface area contributed by atoms with E-state index in [1.165, 1.54) is 5.56 Å². The van der Waals surface area contributed by atoms with Gasteiger partial charge in [0.15, 0.2) is 0 Å². The van der Waals surface area contributed by atoms with E-state index in [1.807, 2.05) is 85.8 Å². The fraction of sp³-hybridized carbons (Fsp3) is 0.286. The van der Waals surface area contributed by atoms with Gasteiger partial charge in [0.05, 0.1) is 7.11 Å². The molecule has 0 fully saturated rings. The number of rotatable bonds is 10. The summed E-state index contributed by atoms with van der Waals surface area (Å²) in [5.41, 5.74) is 4.25. The summed E-state index contributed by atoms with van der Waals surface area (Å²) in [5.74, 6) is 0.536. The van der Waals surface area contributed by atoms with Crippen molar-refractivity contribution in [1.29, 1.82) is 0 Å². The van der Waals surface area contributed by atoms with Crippen LogP contribution in [0.25, 0.3) is 0 Å². The predicted octanol–water partition coefficient (Wildman–Crippen LogP) is 4.67. The molecule has 0 heterocycles. The highest BCUT2D eigenvalue weighted by molar-refractivity contribution is 5.87. The molecule has 5 nitrogen and oxygen atoms in total. The van der Waals surface area contributed by atoms with E-state index in [2.05, 4.69) is 5.32 Å². The first-order valence-electron chi connectivity index (χ1n) is 11.3. The summed E-state index contributed by atoms with van der Waals surface area (Å²) in [6.07, 6.45) is 0.978. The van der Waals surface area contributed by atoms with E-state index >= 15 is 0 Å². The van der Waals surface area contributed by atoms with Crippen molar-refractivity contribution < 1.29 is 14.3 Å². The van der Waals surface area contributed by atoms with Crippen LogP contribution in [0.3, 0.4) is 0 Å². The number of hydrogen-bond donors (Lipinski definition) is 1. The molecule has 2 amide bonds. The molecule has 0 bridgehead atoms. The van der Waals surface area contributed by atoms with Crippen LogP contribution in [0, 0.1) is 6.92 Å². The van der Waals surface area contributed by atoms with E-state index in [0.717, 1.165) is 22.4 Å². The molecule has 3 rings (SSSR count). The standard InChI is InChI=1S/C28H32N2O3/c1-21-9-11-24(12-10-21)19-29-28(32)22(2)30(20-25-13-16-26(33-3)17-14-25)27(31)18-15-23-7-5-4-6-8-23/h4-14,16-17,22H,15,18-20H2,1-3H3,(H,29,32)/t22-/m1/s1. The molecule has 1 N–H and O–H groups in total. The van der Waals surface area contributed by atoms with Gasteiger partial charge in [-0.3, -0.25) is 9.59 Å². The van der Waals surface area contributed by atoms with Crippen molar-refractivity contribution in [2.75, 3.05) is 7.11 Å². The third-order valence-electron chi connectivity index (χ3n) is 5.74. The Morgan fingerprint density at radius 3 is 2.15 bits per heavy atom. The number of amides is 2.